The Morgan fingerprint density at radius 3 is 2.92 bits per heavy atom. The number of carbonyl (C=O) groups excluding carboxylic acids is 2. The van der Waals surface area contributed by atoms with Crippen LogP contribution in [0.15, 0.2) is 24.3 Å². The first-order valence-corrected chi connectivity index (χ1v) is 8.18. The van der Waals surface area contributed by atoms with E-state index in [1.807, 2.05) is 4.90 Å². The van der Waals surface area contributed by atoms with Crippen LogP contribution < -0.4 is 10.6 Å². The van der Waals surface area contributed by atoms with Crippen LogP contribution in [0.25, 0.3) is 0 Å². The lowest BCUT2D eigenvalue weighted by Gasteiger charge is -2.32. The normalized spacial score (nSPS) is 23.5. The van der Waals surface area contributed by atoms with Gasteiger partial charge in [-0.3, -0.25) is 9.59 Å². The van der Waals surface area contributed by atoms with Crippen LogP contribution >= 0.6 is 12.4 Å². The van der Waals surface area contributed by atoms with Gasteiger partial charge in [0.05, 0.1) is 0 Å². The molecule has 24 heavy (non-hydrogen) atoms. The third-order valence-electron chi connectivity index (χ3n) is 4.26. The molecule has 2 aliphatic heterocycles. The van der Waals surface area contributed by atoms with Gasteiger partial charge in [-0.15, -0.1) is 12.4 Å². The van der Waals surface area contributed by atoms with Crippen molar-refractivity contribution in [1.82, 2.24) is 10.2 Å². The standard InChI is InChI=1S/C17H23N3O3.ClH/c1-12-11-20(8-7-18-12)17(22)13-4-2-5-14(10-13)19-16(21)15-6-3-9-23-15;/h2,4-5,10,12,15,18H,3,6-9,11H2,1H3,(H,19,21);1H. The molecular weight excluding hydrogens is 330 g/mol. The molecule has 2 amide bonds. The van der Waals surface area contributed by atoms with Crippen molar-refractivity contribution in [3.05, 3.63) is 29.8 Å². The van der Waals surface area contributed by atoms with Crippen molar-refractivity contribution >= 4 is 29.9 Å². The SMILES string of the molecule is CC1CN(C(=O)c2cccc(NC(=O)C3CCCO3)c2)CCN1.Cl. The first kappa shape index (κ1) is 18.7. The van der Waals surface area contributed by atoms with Crippen LogP contribution in [-0.4, -0.2) is 55.1 Å². The molecule has 2 aliphatic rings. The second-order valence-electron chi connectivity index (χ2n) is 6.18. The van der Waals surface area contributed by atoms with Gasteiger partial charge in [0.15, 0.2) is 0 Å². The number of piperazine rings is 1. The summed E-state index contributed by atoms with van der Waals surface area (Å²) in [7, 11) is 0. The van der Waals surface area contributed by atoms with Crippen LogP contribution in [0.5, 0.6) is 0 Å². The van der Waals surface area contributed by atoms with E-state index in [-0.39, 0.29) is 30.3 Å². The minimum absolute atomic E-state index is 0. The van der Waals surface area contributed by atoms with Gasteiger partial charge in [-0.1, -0.05) is 6.07 Å². The Balaban J connectivity index is 0.00000208. The summed E-state index contributed by atoms with van der Waals surface area (Å²) >= 11 is 0. The number of amides is 2. The number of ether oxygens (including phenoxy) is 1. The lowest BCUT2D eigenvalue weighted by atomic mass is 10.1. The first-order valence-electron chi connectivity index (χ1n) is 8.18. The third kappa shape index (κ3) is 4.47. The zero-order chi connectivity index (χ0) is 16.2. The van der Waals surface area contributed by atoms with E-state index in [9.17, 15) is 9.59 Å². The number of hydrogen-bond acceptors (Lipinski definition) is 4. The van der Waals surface area contributed by atoms with Crippen LogP contribution in [0.1, 0.15) is 30.1 Å². The third-order valence-corrected chi connectivity index (χ3v) is 4.26. The summed E-state index contributed by atoms with van der Waals surface area (Å²) < 4.78 is 5.38. The molecule has 0 aliphatic carbocycles. The van der Waals surface area contributed by atoms with Crippen molar-refractivity contribution in [2.24, 2.45) is 0 Å². The van der Waals surface area contributed by atoms with Crippen LogP contribution in [0.2, 0.25) is 0 Å². The Morgan fingerprint density at radius 2 is 2.21 bits per heavy atom. The van der Waals surface area contributed by atoms with E-state index >= 15 is 0 Å². The second kappa shape index (κ2) is 8.46. The molecule has 1 aromatic carbocycles. The van der Waals surface area contributed by atoms with Gasteiger partial charge in [-0.25, -0.2) is 0 Å². The van der Waals surface area contributed by atoms with Crippen molar-refractivity contribution in [2.45, 2.75) is 31.9 Å². The Kier molecular flexibility index (Phi) is 6.60. The molecule has 0 radical (unpaired) electrons. The molecule has 2 heterocycles. The molecule has 2 atom stereocenters. The molecule has 2 N–H and O–H groups in total. The van der Waals surface area contributed by atoms with E-state index in [0.29, 0.717) is 37.0 Å². The van der Waals surface area contributed by atoms with Gasteiger partial charge in [-0.05, 0) is 38.0 Å². The van der Waals surface area contributed by atoms with Crippen LogP contribution in [0.4, 0.5) is 5.69 Å². The van der Waals surface area contributed by atoms with Gasteiger partial charge in [-0.2, -0.15) is 0 Å². The minimum atomic E-state index is -0.372. The number of benzene rings is 1. The summed E-state index contributed by atoms with van der Waals surface area (Å²) in [4.78, 5) is 26.6. The van der Waals surface area contributed by atoms with Crippen molar-refractivity contribution in [1.29, 1.82) is 0 Å². The predicted molar refractivity (Wildman–Crippen MR) is 94.7 cm³/mol. The monoisotopic (exact) mass is 353 g/mol. The van der Waals surface area contributed by atoms with Crippen molar-refractivity contribution in [3.63, 3.8) is 0 Å². The van der Waals surface area contributed by atoms with Crippen LogP contribution in [0, 0.1) is 0 Å². The number of nitrogens with one attached hydrogen (secondary N) is 2. The summed E-state index contributed by atoms with van der Waals surface area (Å²) in [6.45, 7) is 4.92. The van der Waals surface area contributed by atoms with E-state index < -0.39 is 0 Å². The maximum Gasteiger partial charge on any atom is 0.254 e. The minimum Gasteiger partial charge on any atom is -0.368 e. The van der Waals surface area contributed by atoms with E-state index in [0.717, 1.165) is 19.4 Å². The molecule has 2 fully saturated rings. The lowest BCUT2D eigenvalue weighted by molar-refractivity contribution is -0.124. The Bertz CT molecular complexity index is 590. The fraction of sp³-hybridized carbons (Fsp3) is 0.529. The van der Waals surface area contributed by atoms with Gasteiger partial charge in [0, 0.05) is 43.5 Å². The summed E-state index contributed by atoms with van der Waals surface area (Å²) in [5.41, 5.74) is 1.24. The molecule has 0 spiro atoms. The quantitative estimate of drug-likeness (QED) is 0.867. The smallest absolute Gasteiger partial charge is 0.254 e. The molecule has 2 saturated heterocycles. The number of anilines is 1. The van der Waals surface area contributed by atoms with Gasteiger partial charge < -0.3 is 20.3 Å². The van der Waals surface area contributed by atoms with Gasteiger partial charge in [0.25, 0.3) is 11.8 Å². The van der Waals surface area contributed by atoms with Crippen LogP contribution in [-0.2, 0) is 9.53 Å². The molecule has 0 saturated carbocycles. The van der Waals surface area contributed by atoms with Crippen molar-refractivity contribution in [3.8, 4) is 0 Å². The fourth-order valence-corrected chi connectivity index (χ4v) is 3.04. The zero-order valence-electron chi connectivity index (χ0n) is 13.8. The van der Waals surface area contributed by atoms with E-state index in [1.54, 1.807) is 24.3 Å². The highest BCUT2D eigenvalue weighted by Gasteiger charge is 2.24. The summed E-state index contributed by atoms with van der Waals surface area (Å²) in [6, 6.07) is 7.42. The number of nitrogens with zero attached hydrogens (tertiary/aromatic N) is 1. The molecule has 6 nitrogen and oxygen atoms in total. The molecule has 3 rings (SSSR count). The highest BCUT2D eigenvalue weighted by Crippen LogP contribution is 2.17. The maximum absolute atomic E-state index is 12.6. The summed E-state index contributed by atoms with van der Waals surface area (Å²) in [5.74, 6) is -0.130. The zero-order valence-corrected chi connectivity index (χ0v) is 14.6. The van der Waals surface area contributed by atoms with Gasteiger partial charge in [0.1, 0.15) is 6.10 Å². The fourth-order valence-electron chi connectivity index (χ4n) is 3.04. The van der Waals surface area contributed by atoms with E-state index in [1.165, 1.54) is 0 Å². The first-order chi connectivity index (χ1) is 11.1. The molecule has 2 unspecified atom stereocenters. The average molecular weight is 354 g/mol. The average Bonchev–Trinajstić information content (AvgIpc) is 3.09. The number of carbonyl (C=O) groups is 2. The molecule has 0 aromatic heterocycles. The Hall–Kier alpha value is -1.63. The molecular formula is C17H24ClN3O3. The molecule has 1 aromatic rings. The van der Waals surface area contributed by atoms with E-state index in [4.69, 9.17) is 4.74 Å². The van der Waals surface area contributed by atoms with Crippen LogP contribution in [0.3, 0.4) is 0 Å². The molecule has 7 heteroatoms. The second-order valence-corrected chi connectivity index (χ2v) is 6.18. The molecule has 132 valence electrons. The molecule has 0 bridgehead atoms. The predicted octanol–water partition coefficient (Wildman–Crippen LogP) is 1.66. The summed E-state index contributed by atoms with van der Waals surface area (Å²) in [5, 5.41) is 6.17. The van der Waals surface area contributed by atoms with Crippen molar-refractivity contribution < 1.29 is 14.3 Å². The highest BCUT2D eigenvalue weighted by atomic mass is 35.5. The number of hydrogen-bond donors (Lipinski definition) is 2. The maximum atomic E-state index is 12.6. The Morgan fingerprint density at radius 1 is 1.38 bits per heavy atom. The largest absolute Gasteiger partial charge is 0.368 e. The number of halogens is 1. The lowest BCUT2D eigenvalue weighted by Crippen LogP contribution is -2.51. The van der Waals surface area contributed by atoms with E-state index in [2.05, 4.69) is 17.6 Å². The number of rotatable bonds is 3. The topological polar surface area (TPSA) is 70.7 Å². The highest BCUT2D eigenvalue weighted by molar-refractivity contribution is 5.98. The Labute approximate surface area is 148 Å². The van der Waals surface area contributed by atoms with Gasteiger partial charge in [0.2, 0.25) is 0 Å². The van der Waals surface area contributed by atoms with Crippen molar-refractivity contribution in [2.75, 3.05) is 31.6 Å². The summed E-state index contributed by atoms with van der Waals surface area (Å²) in [6.07, 6.45) is 1.30. The van der Waals surface area contributed by atoms with Gasteiger partial charge >= 0.3 is 0 Å².